The number of carbonyl (C=O) groups excluding carboxylic acids is 1. The molecule has 0 radical (unpaired) electrons. The molecule has 3 heterocycles. The van der Waals surface area contributed by atoms with E-state index in [9.17, 15) is 9.00 Å². The van der Waals surface area contributed by atoms with Crippen molar-refractivity contribution in [2.75, 3.05) is 37.9 Å². The molecule has 1 aromatic heterocycles. The zero-order valence-corrected chi connectivity index (χ0v) is 17.4. The fourth-order valence-corrected chi connectivity index (χ4v) is 5.22. The van der Waals surface area contributed by atoms with Gasteiger partial charge in [-0.15, -0.1) is 0 Å². The smallest absolute Gasteiger partial charge is 0.253 e. The first-order valence-electron chi connectivity index (χ1n) is 9.41. The quantitative estimate of drug-likeness (QED) is 0.647. The van der Waals surface area contributed by atoms with Gasteiger partial charge in [0.1, 0.15) is 0 Å². The molecule has 2 aliphatic rings. The van der Waals surface area contributed by atoms with Gasteiger partial charge in [0.2, 0.25) is 0 Å². The van der Waals surface area contributed by atoms with Gasteiger partial charge < -0.3 is 9.80 Å². The van der Waals surface area contributed by atoms with Gasteiger partial charge in [-0.2, -0.15) is 0 Å². The molecule has 1 N–H and O–H groups in total. The molecule has 1 fully saturated rings. The van der Waals surface area contributed by atoms with E-state index in [-0.39, 0.29) is 5.91 Å². The van der Waals surface area contributed by atoms with Crippen LogP contribution in [0.15, 0.2) is 47.5 Å². The molecule has 1 amide bonds. The number of carbonyl (C=O) groups is 1. The average Bonchev–Trinajstić information content (AvgIpc) is 2.75. The Balaban J connectivity index is 1.62. The third kappa shape index (κ3) is 3.10. The van der Waals surface area contributed by atoms with E-state index >= 15 is 0 Å². The van der Waals surface area contributed by atoms with E-state index in [2.05, 4.69) is 21.7 Å². The van der Waals surface area contributed by atoms with Crippen LogP contribution < -0.4 is 4.72 Å². The largest absolute Gasteiger partial charge is 0.336 e. The van der Waals surface area contributed by atoms with E-state index < -0.39 is 11.0 Å². The number of rotatable bonds is 1. The lowest BCUT2D eigenvalue weighted by molar-refractivity contribution is 0.0664. The van der Waals surface area contributed by atoms with Crippen LogP contribution in [-0.4, -0.2) is 58.1 Å². The van der Waals surface area contributed by atoms with Crippen LogP contribution in [0.3, 0.4) is 0 Å². The maximum absolute atomic E-state index is 13.0. The molecule has 6 nitrogen and oxygen atoms in total. The van der Waals surface area contributed by atoms with Crippen LogP contribution in [0.5, 0.6) is 0 Å². The van der Waals surface area contributed by atoms with Gasteiger partial charge in [-0.25, -0.2) is 4.21 Å². The third-order valence-electron chi connectivity index (χ3n) is 5.54. The summed E-state index contributed by atoms with van der Waals surface area (Å²) in [5.74, 6) is -0.00299. The SMILES string of the molecule is CN1CCN(C(=O)c2ccc3c(c2)-c2cc(Cl)c4cccnc4c2NS3=O)CC1. The van der Waals surface area contributed by atoms with E-state index in [0.717, 1.165) is 29.6 Å². The Morgan fingerprint density at radius 2 is 1.93 bits per heavy atom. The predicted molar refractivity (Wildman–Crippen MR) is 116 cm³/mol. The number of aromatic nitrogens is 1. The van der Waals surface area contributed by atoms with Crippen LogP contribution in [0.2, 0.25) is 5.02 Å². The predicted octanol–water partition coefficient (Wildman–Crippen LogP) is 3.39. The number of amides is 1. The van der Waals surface area contributed by atoms with Gasteiger partial charge in [-0.3, -0.25) is 14.5 Å². The number of anilines is 1. The zero-order chi connectivity index (χ0) is 20.1. The summed E-state index contributed by atoms with van der Waals surface area (Å²) in [5, 5.41) is 1.37. The number of pyridine rings is 1. The lowest BCUT2D eigenvalue weighted by atomic mass is 9.98. The number of hydrogen-bond acceptors (Lipinski definition) is 4. The normalized spacial score (nSPS) is 18.8. The van der Waals surface area contributed by atoms with Crippen LogP contribution in [0.25, 0.3) is 22.0 Å². The van der Waals surface area contributed by atoms with Crippen LogP contribution in [-0.2, 0) is 11.0 Å². The first-order chi connectivity index (χ1) is 14.0. The van der Waals surface area contributed by atoms with E-state index in [4.69, 9.17) is 11.6 Å². The lowest BCUT2D eigenvalue weighted by Gasteiger charge is -2.32. The van der Waals surface area contributed by atoms with Crippen LogP contribution in [0, 0.1) is 0 Å². The highest BCUT2D eigenvalue weighted by Gasteiger charge is 2.27. The van der Waals surface area contributed by atoms with Crippen molar-refractivity contribution in [1.82, 2.24) is 14.8 Å². The Bertz CT molecular complexity index is 1170. The zero-order valence-electron chi connectivity index (χ0n) is 15.8. The summed E-state index contributed by atoms with van der Waals surface area (Å²) in [5.41, 5.74) is 3.51. The van der Waals surface area contributed by atoms with E-state index in [1.165, 1.54) is 0 Å². The molecule has 2 aromatic carbocycles. The molecule has 1 saturated heterocycles. The van der Waals surface area contributed by atoms with Crippen molar-refractivity contribution in [3.63, 3.8) is 0 Å². The van der Waals surface area contributed by atoms with Crippen molar-refractivity contribution in [2.45, 2.75) is 4.90 Å². The molecular formula is C21H19ClN4O2S. The number of piperazine rings is 1. The molecule has 0 spiro atoms. The molecule has 29 heavy (non-hydrogen) atoms. The minimum atomic E-state index is -1.43. The first kappa shape index (κ1) is 18.5. The Kier molecular flexibility index (Phi) is 4.53. The van der Waals surface area contributed by atoms with Gasteiger partial charge in [0, 0.05) is 54.5 Å². The topological polar surface area (TPSA) is 65.5 Å². The van der Waals surface area contributed by atoms with Crippen molar-refractivity contribution in [3.05, 3.63) is 53.2 Å². The Labute approximate surface area is 176 Å². The van der Waals surface area contributed by atoms with E-state index in [0.29, 0.717) is 39.8 Å². The molecule has 1 unspecified atom stereocenters. The fourth-order valence-electron chi connectivity index (χ4n) is 3.89. The molecule has 148 valence electrons. The number of halogens is 1. The van der Waals surface area contributed by atoms with Crippen molar-refractivity contribution < 1.29 is 9.00 Å². The maximum atomic E-state index is 13.0. The van der Waals surface area contributed by atoms with Crippen molar-refractivity contribution >= 4 is 45.1 Å². The van der Waals surface area contributed by atoms with Crippen LogP contribution in [0.4, 0.5) is 5.69 Å². The summed E-state index contributed by atoms with van der Waals surface area (Å²) in [6.07, 6.45) is 1.69. The molecule has 8 heteroatoms. The van der Waals surface area contributed by atoms with Gasteiger partial charge in [0.15, 0.2) is 11.0 Å². The number of likely N-dealkylation sites (N-methyl/N-ethyl adjacent to an activating group) is 1. The van der Waals surface area contributed by atoms with Crippen molar-refractivity contribution in [1.29, 1.82) is 0 Å². The molecule has 0 bridgehead atoms. The summed E-state index contributed by atoms with van der Waals surface area (Å²) < 4.78 is 15.9. The molecule has 3 aromatic rings. The number of fused-ring (bicyclic) bond motifs is 5. The monoisotopic (exact) mass is 426 g/mol. The lowest BCUT2D eigenvalue weighted by Crippen LogP contribution is -2.47. The molecule has 0 aliphatic carbocycles. The summed E-state index contributed by atoms with van der Waals surface area (Å²) in [6, 6.07) is 10.9. The highest BCUT2D eigenvalue weighted by Crippen LogP contribution is 2.44. The second-order valence-corrected chi connectivity index (χ2v) is 8.95. The van der Waals surface area contributed by atoms with Gasteiger partial charge in [-0.05, 0) is 43.4 Å². The second-order valence-electron chi connectivity index (χ2n) is 7.36. The van der Waals surface area contributed by atoms with Gasteiger partial charge >= 0.3 is 0 Å². The standard InChI is InChI=1S/C21H19ClN4O2S/c1-25-7-9-26(10-8-25)21(27)13-4-5-18-15(11-13)16-12-17(22)14-3-2-6-23-19(14)20(16)24-29(18)28/h2-6,11-12,24H,7-10H2,1H3. The maximum Gasteiger partial charge on any atom is 0.253 e. The van der Waals surface area contributed by atoms with Crippen molar-refractivity contribution in [2.24, 2.45) is 0 Å². The Morgan fingerprint density at radius 1 is 1.14 bits per heavy atom. The number of nitrogens with zero attached hydrogens (tertiary/aromatic N) is 3. The fraction of sp³-hybridized carbons (Fsp3) is 0.238. The molecular weight excluding hydrogens is 408 g/mol. The van der Waals surface area contributed by atoms with Crippen LogP contribution in [0.1, 0.15) is 10.4 Å². The highest BCUT2D eigenvalue weighted by molar-refractivity contribution is 7.86. The Morgan fingerprint density at radius 3 is 2.72 bits per heavy atom. The third-order valence-corrected chi connectivity index (χ3v) is 7.00. The average molecular weight is 427 g/mol. The minimum Gasteiger partial charge on any atom is -0.336 e. The minimum absolute atomic E-state index is 0.00299. The van der Waals surface area contributed by atoms with Gasteiger partial charge in [0.05, 0.1) is 21.1 Å². The second kappa shape index (κ2) is 7.09. The van der Waals surface area contributed by atoms with Gasteiger partial charge in [-0.1, -0.05) is 11.6 Å². The highest BCUT2D eigenvalue weighted by atomic mass is 35.5. The summed E-state index contributed by atoms with van der Waals surface area (Å²) >= 11 is 6.51. The first-order valence-corrected chi connectivity index (χ1v) is 10.9. The summed E-state index contributed by atoms with van der Waals surface area (Å²) in [4.78, 5) is 22.2. The van der Waals surface area contributed by atoms with E-state index in [1.807, 2.05) is 29.2 Å². The summed E-state index contributed by atoms with van der Waals surface area (Å²) in [7, 11) is 0.623. The Hall–Kier alpha value is -2.48. The van der Waals surface area contributed by atoms with E-state index in [1.54, 1.807) is 18.3 Å². The van der Waals surface area contributed by atoms with Crippen LogP contribution >= 0.6 is 11.6 Å². The molecule has 2 aliphatic heterocycles. The number of nitrogens with one attached hydrogen (secondary N) is 1. The summed E-state index contributed by atoms with van der Waals surface area (Å²) in [6.45, 7) is 3.13. The molecule has 5 rings (SSSR count). The number of benzene rings is 2. The van der Waals surface area contributed by atoms with Crippen molar-refractivity contribution in [3.8, 4) is 11.1 Å². The number of hydrogen-bond donors (Lipinski definition) is 1. The molecule has 1 atom stereocenters. The van der Waals surface area contributed by atoms with Gasteiger partial charge in [0.25, 0.3) is 5.91 Å². The molecule has 0 saturated carbocycles.